The van der Waals surface area contributed by atoms with Crippen LogP contribution >= 0.6 is 0 Å². The van der Waals surface area contributed by atoms with E-state index in [1.807, 2.05) is 0 Å². The van der Waals surface area contributed by atoms with Crippen LogP contribution in [0.25, 0.3) is 0 Å². The van der Waals surface area contributed by atoms with Gasteiger partial charge < -0.3 is 39.7 Å². The summed E-state index contributed by atoms with van der Waals surface area (Å²) in [6.07, 6.45) is -0.131. The van der Waals surface area contributed by atoms with E-state index in [4.69, 9.17) is 19.3 Å². The maximum atomic E-state index is 11.7. The van der Waals surface area contributed by atoms with E-state index < -0.39 is 43.4 Å². The third kappa shape index (κ3) is 9.13. The quantitative estimate of drug-likeness (QED) is 0.196. The average Bonchev–Trinajstić information content (AvgIpc) is 2.69. The van der Waals surface area contributed by atoms with Gasteiger partial charge in [0.25, 0.3) is 0 Å². The van der Waals surface area contributed by atoms with Gasteiger partial charge in [0.1, 0.15) is 37.1 Å². The van der Waals surface area contributed by atoms with Crippen LogP contribution in [0, 0.1) is 0 Å². The molecule has 1 rings (SSSR count). The van der Waals surface area contributed by atoms with Crippen molar-refractivity contribution in [3.8, 4) is 0 Å². The van der Waals surface area contributed by atoms with Gasteiger partial charge in [0.15, 0.2) is 6.29 Å². The molecule has 2 unspecified atom stereocenters. The van der Waals surface area contributed by atoms with Crippen LogP contribution in [0.15, 0.2) is 0 Å². The van der Waals surface area contributed by atoms with E-state index in [0.717, 1.165) is 19.3 Å². The first-order valence-corrected chi connectivity index (χ1v) is 10.2. The first kappa shape index (κ1) is 25.2. The largest absolute Gasteiger partial charge is 0.463 e. The molecular formula is C19H36O9. The third-order valence-corrected chi connectivity index (χ3v) is 4.72. The summed E-state index contributed by atoms with van der Waals surface area (Å²) in [6, 6.07) is 0. The standard InChI is InChI=1S/C19H36O9/c1-2-3-4-5-6-7-8-9-15(22)26-11-13(21)12-27-19-18(25)17(24)16(23)14(10-20)28-19/h13-14,16-21,23-25H,2-12H2,1H3/t13?,14?,16-,17-,18-,19+/m0/s1. The molecule has 1 aliphatic heterocycles. The molecule has 9 heteroatoms. The van der Waals surface area contributed by atoms with E-state index in [0.29, 0.717) is 6.42 Å². The first-order valence-electron chi connectivity index (χ1n) is 10.2. The Morgan fingerprint density at radius 2 is 1.61 bits per heavy atom. The van der Waals surface area contributed by atoms with E-state index in [-0.39, 0.29) is 19.2 Å². The van der Waals surface area contributed by atoms with Gasteiger partial charge >= 0.3 is 5.97 Å². The fraction of sp³-hybridized carbons (Fsp3) is 0.947. The van der Waals surface area contributed by atoms with Crippen LogP contribution in [-0.4, -0.2) is 88.1 Å². The lowest BCUT2D eigenvalue weighted by Gasteiger charge is -2.39. The van der Waals surface area contributed by atoms with Crippen molar-refractivity contribution in [2.45, 2.75) is 95.1 Å². The topological polar surface area (TPSA) is 146 Å². The van der Waals surface area contributed by atoms with Gasteiger partial charge in [0.2, 0.25) is 0 Å². The monoisotopic (exact) mass is 408 g/mol. The zero-order valence-electron chi connectivity index (χ0n) is 16.6. The molecule has 0 saturated carbocycles. The van der Waals surface area contributed by atoms with E-state index in [1.54, 1.807) is 0 Å². The summed E-state index contributed by atoms with van der Waals surface area (Å²) in [5.41, 5.74) is 0. The second-order valence-corrected chi connectivity index (χ2v) is 7.24. The maximum Gasteiger partial charge on any atom is 0.305 e. The minimum atomic E-state index is -1.55. The molecule has 1 heterocycles. The van der Waals surface area contributed by atoms with Crippen LogP contribution in [0.5, 0.6) is 0 Å². The number of esters is 1. The van der Waals surface area contributed by atoms with Crippen LogP contribution < -0.4 is 0 Å². The summed E-state index contributed by atoms with van der Waals surface area (Å²) in [7, 11) is 0. The van der Waals surface area contributed by atoms with Gasteiger partial charge in [-0.25, -0.2) is 0 Å². The van der Waals surface area contributed by atoms with Gasteiger partial charge in [-0.2, -0.15) is 0 Å². The smallest absolute Gasteiger partial charge is 0.305 e. The molecular weight excluding hydrogens is 372 g/mol. The average molecular weight is 408 g/mol. The minimum absolute atomic E-state index is 0.257. The van der Waals surface area contributed by atoms with E-state index >= 15 is 0 Å². The Kier molecular flexibility index (Phi) is 12.8. The second kappa shape index (κ2) is 14.2. The predicted molar refractivity (Wildman–Crippen MR) is 99.3 cm³/mol. The predicted octanol–water partition coefficient (Wildman–Crippen LogP) is -0.152. The number of aliphatic hydroxyl groups is 5. The number of hydrogen-bond acceptors (Lipinski definition) is 9. The van der Waals surface area contributed by atoms with Crippen LogP contribution in [0.4, 0.5) is 0 Å². The van der Waals surface area contributed by atoms with Crippen molar-refractivity contribution in [3.05, 3.63) is 0 Å². The highest BCUT2D eigenvalue weighted by Gasteiger charge is 2.44. The van der Waals surface area contributed by atoms with Crippen molar-refractivity contribution in [1.29, 1.82) is 0 Å². The van der Waals surface area contributed by atoms with Gasteiger partial charge in [-0.1, -0.05) is 45.4 Å². The van der Waals surface area contributed by atoms with Gasteiger partial charge in [0.05, 0.1) is 13.2 Å². The summed E-state index contributed by atoms with van der Waals surface area (Å²) in [6.45, 7) is 1.03. The number of aliphatic hydroxyl groups excluding tert-OH is 5. The highest BCUT2D eigenvalue weighted by molar-refractivity contribution is 5.69. The van der Waals surface area contributed by atoms with Crippen LogP contribution in [0.3, 0.4) is 0 Å². The second-order valence-electron chi connectivity index (χ2n) is 7.24. The molecule has 0 aromatic heterocycles. The molecule has 0 spiro atoms. The molecule has 0 amide bonds. The lowest BCUT2D eigenvalue weighted by molar-refractivity contribution is -0.305. The Morgan fingerprint density at radius 3 is 2.25 bits per heavy atom. The fourth-order valence-electron chi connectivity index (χ4n) is 2.95. The van der Waals surface area contributed by atoms with Gasteiger partial charge in [0, 0.05) is 6.42 Å². The number of ether oxygens (including phenoxy) is 3. The number of carbonyl (C=O) groups excluding carboxylic acids is 1. The molecule has 0 aromatic carbocycles. The molecule has 1 fully saturated rings. The van der Waals surface area contributed by atoms with Crippen molar-refractivity contribution in [3.63, 3.8) is 0 Å². The molecule has 9 nitrogen and oxygen atoms in total. The van der Waals surface area contributed by atoms with Crippen molar-refractivity contribution >= 4 is 5.97 Å². The Morgan fingerprint density at radius 1 is 0.964 bits per heavy atom. The molecule has 166 valence electrons. The minimum Gasteiger partial charge on any atom is -0.463 e. The van der Waals surface area contributed by atoms with Crippen molar-refractivity contribution in [2.75, 3.05) is 19.8 Å². The van der Waals surface area contributed by atoms with Crippen LogP contribution in [0.2, 0.25) is 0 Å². The molecule has 0 radical (unpaired) electrons. The number of hydrogen-bond donors (Lipinski definition) is 5. The van der Waals surface area contributed by atoms with Crippen LogP contribution in [-0.2, 0) is 19.0 Å². The van der Waals surface area contributed by atoms with E-state index in [2.05, 4.69) is 6.92 Å². The number of rotatable bonds is 14. The maximum absolute atomic E-state index is 11.7. The lowest BCUT2D eigenvalue weighted by atomic mass is 9.99. The molecule has 0 bridgehead atoms. The van der Waals surface area contributed by atoms with Gasteiger partial charge in [-0.3, -0.25) is 4.79 Å². The zero-order valence-corrected chi connectivity index (χ0v) is 16.6. The summed E-state index contributed by atoms with van der Waals surface area (Å²) in [5.74, 6) is -0.388. The van der Waals surface area contributed by atoms with Gasteiger partial charge in [-0.15, -0.1) is 0 Å². The Balaban J connectivity index is 2.15. The molecule has 6 atom stereocenters. The third-order valence-electron chi connectivity index (χ3n) is 4.72. The number of unbranched alkanes of at least 4 members (excludes halogenated alkanes) is 6. The zero-order chi connectivity index (χ0) is 20.9. The molecule has 0 aliphatic carbocycles. The highest BCUT2D eigenvalue weighted by atomic mass is 16.7. The molecule has 28 heavy (non-hydrogen) atoms. The summed E-state index contributed by atoms with van der Waals surface area (Å²) in [5, 5.41) is 48.1. The highest BCUT2D eigenvalue weighted by Crippen LogP contribution is 2.22. The normalized spacial score (nSPS) is 28.9. The lowest BCUT2D eigenvalue weighted by Crippen LogP contribution is -2.59. The molecule has 1 aliphatic rings. The summed E-state index contributed by atoms with van der Waals surface area (Å²) >= 11 is 0. The van der Waals surface area contributed by atoms with Crippen molar-refractivity contribution in [2.24, 2.45) is 0 Å². The Bertz CT molecular complexity index is 418. The van der Waals surface area contributed by atoms with E-state index in [9.17, 15) is 25.2 Å². The fourth-order valence-corrected chi connectivity index (χ4v) is 2.95. The van der Waals surface area contributed by atoms with Gasteiger partial charge in [-0.05, 0) is 6.42 Å². The number of carbonyl (C=O) groups is 1. The van der Waals surface area contributed by atoms with Crippen molar-refractivity contribution < 1.29 is 44.5 Å². The van der Waals surface area contributed by atoms with E-state index in [1.165, 1.54) is 25.7 Å². The SMILES string of the molecule is CCCCCCCCCC(=O)OCC(O)CO[C@@H]1OC(CO)[C@H](O)[C@H](O)[C@@H]1O. The Labute approximate surface area is 166 Å². The molecule has 0 aromatic rings. The van der Waals surface area contributed by atoms with Crippen molar-refractivity contribution in [1.82, 2.24) is 0 Å². The summed E-state index contributed by atoms with van der Waals surface area (Å²) < 4.78 is 15.3. The first-order chi connectivity index (χ1) is 13.4. The molecule has 5 N–H and O–H groups in total. The van der Waals surface area contributed by atoms with Crippen LogP contribution in [0.1, 0.15) is 58.3 Å². The Hall–Kier alpha value is -0.810. The summed E-state index contributed by atoms with van der Waals surface area (Å²) in [4.78, 5) is 11.7. The molecule has 1 saturated heterocycles.